The molecule has 25 heavy (non-hydrogen) atoms. The van der Waals surface area contributed by atoms with Crippen molar-refractivity contribution in [2.75, 3.05) is 5.75 Å². The maximum atomic E-state index is 12.2. The molecule has 6 heteroatoms. The maximum absolute atomic E-state index is 12.2. The van der Waals surface area contributed by atoms with Gasteiger partial charge in [0.25, 0.3) is 0 Å². The monoisotopic (exact) mass is 360 g/mol. The van der Waals surface area contributed by atoms with Crippen LogP contribution >= 0.6 is 11.8 Å². The number of amides is 1. The fourth-order valence-electron chi connectivity index (χ4n) is 2.49. The van der Waals surface area contributed by atoms with Gasteiger partial charge in [-0.2, -0.15) is 0 Å². The number of H-pyrrole nitrogens is 1. The lowest BCUT2D eigenvalue weighted by Gasteiger charge is -2.15. The first-order valence-corrected chi connectivity index (χ1v) is 9.77. The first-order valence-electron chi connectivity index (χ1n) is 8.78. The van der Waals surface area contributed by atoms with Gasteiger partial charge in [0.15, 0.2) is 0 Å². The summed E-state index contributed by atoms with van der Waals surface area (Å²) in [6.45, 7) is 10.5. The van der Waals surface area contributed by atoms with Crippen molar-refractivity contribution in [3.8, 4) is 0 Å². The van der Waals surface area contributed by atoms with E-state index in [9.17, 15) is 4.79 Å². The average Bonchev–Trinajstić information content (AvgIpc) is 3.02. The van der Waals surface area contributed by atoms with Gasteiger partial charge >= 0.3 is 0 Å². The Bertz CT molecular complexity index is 679. The van der Waals surface area contributed by atoms with Crippen LogP contribution in [-0.2, 0) is 11.2 Å². The lowest BCUT2D eigenvalue weighted by molar-refractivity contribution is -0.119. The van der Waals surface area contributed by atoms with E-state index in [4.69, 9.17) is 0 Å². The van der Waals surface area contributed by atoms with Crippen molar-refractivity contribution in [1.29, 1.82) is 0 Å². The number of carbonyl (C=O) groups is 1. The Morgan fingerprint density at radius 3 is 2.40 bits per heavy atom. The van der Waals surface area contributed by atoms with E-state index in [1.165, 1.54) is 17.3 Å². The highest BCUT2D eigenvalue weighted by atomic mass is 32.2. The molecule has 0 aliphatic rings. The number of aromatic amines is 1. The third kappa shape index (κ3) is 6.20. The quantitative estimate of drug-likeness (QED) is 0.696. The van der Waals surface area contributed by atoms with E-state index < -0.39 is 0 Å². The molecule has 136 valence electrons. The van der Waals surface area contributed by atoms with E-state index in [1.807, 2.05) is 6.92 Å². The Labute approximate surface area is 154 Å². The van der Waals surface area contributed by atoms with E-state index in [-0.39, 0.29) is 11.9 Å². The molecule has 2 N–H and O–H groups in total. The molecule has 1 heterocycles. The van der Waals surface area contributed by atoms with E-state index in [1.54, 1.807) is 0 Å². The van der Waals surface area contributed by atoms with Gasteiger partial charge in [-0.25, -0.2) is 4.98 Å². The van der Waals surface area contributed by atoms with E-state index in [0.717, 1.165) is 17.8 Å². The van der Waals surface area contributed by atoms with Gasteiger partial charge in [0, 0.05) is 5.92 Å². The van der Waals surface area contributed by atoms with Crippen LogP contribution in [0.5, 0.6) is 0 Å². The molecular formula is C19H28N4OS. The molecule has 2 rings (SSSR count). The lowest BCUT2D eigenvalue weighted by atomic mass is 10.00. The predicted molar refractivity (Wildman–Crippen MR) is 103 cm³/mol. The second-order valence-corrected chi connectivity index (χ2v) is 8.02. The van der Waals surface area contributed by atoms with Crippen molar-refractivity contribution in [2.45, 2.75) is 58.2 Å². The van der Waals surface area contributed by atoms with Crippen LogP contribution in [0.2, 0.25) is 0 Å². The number of hydrogen-bond acceptors (Lipinski definition) is 4. The summed E-state index contributed by atoms with van der Waals surface area (Å²) >= 11 is 1.35. The smallest absolute Gasteiger partial charge is 0.230 e. The van der Waals surface area contributed by atoms with Crippen LogP contribution in [0.15, 0.2) is 29.4 Å². The van der Waals surface area contributed by atoms with Gasteiger partial charge in [0.1, 0.15) is 5.82 Å². The van der Waals surface area contributed by atoms with Crippen molar-refractivity contribution >= 4 is 17.7 Å². The number of thioether (sulfide) groups is 1. The lowest BCUT2D eigenvalue weighted by Crippen LogP contribution is -2.28. The number of hydrogen-bond donors (Lipinski definition) is 2. The number of aromatic nitrogens is 3. The van der Waals surface area contributed by atoms with Crippen LogP contribution < -0.4 is 5.32 Å². The van der Waals surface area contributed by atoms with Gasteiger partial charge in [-0.05, 0) is 30.4 Å². The molecule has 5 nitrogen and oxygen atoms in total. The molecule has 1 atom stereocenters. The molecular weight excluding hydrogens is 332 g/mol. The highest BCUT2D eigenvalue weighted by Gasteiger charge is 2.12. The van der Waals surface area contributed by atoms with Crippen molar-refractivity contribution in [2.24, 2.45) is 5.92 Å². The molecule has 0 aliphatic carbocycles. The molecule has 1 amide bonds. The van der Waals surface area contributed by atoms with Gasteiger partial charge in [0.2, 0.25) is 11.1 Å². The van der Waals surface area contributed by atoms with Crippen LogP contribution in [0.25, 0.3) is 0 Å². The molecule has 0 spiro atoms. The predicted octanol–water partition coefficient (Wildman–Crippen LogP) is 4.10. The third-order valence-corrected chi connectivity index (χ3v) is 4.71. The topological polar surface area (TPSA) is 70.7 Å². The van der Waals surface area contributed by atoms with Crippen molar-refractivity contribution in [3.63, 3.8) is 0 Å². The van der Waals surface area contributed by atoms with E-state index >= 15 is 0 Å². The van der Waals surface area contributed by atoms with Gasteiger partial charge < -0.3 is 5.32 Å². The third-order valence-electron chi connectivity index (χ3n) is 3.86. The van der Waals surface area contributed by atoms with Gasteiger partial charge in [-0.15, -0.1) is 5.10 Å². The average molecular weight is 361 g/mol. The van der Waals surface area contributed by atoms with Gasteiger partial charge in [-0.1, -0.05) is 63.7 Å². The summed E-state index contributed by atoms with van der Waals surface area (Å²) in [5.41, 5.74) is 2.45. The standard InChI is InChI=1S/C19H28N4OS/c1-12(2)10-15-6-8-16(9-7-15)14(5)20-17(24)11-25-19-21-18(13(3)4)22-23-19/h6-9,12-14H,10-11H2,1-5H3,(H,20,24)(H,21,22,23). The highest BCUT2D eigenvalue weighted by Crippen LogP contribution is 2.18. The molecule has 1 unspecified atom stereocenters. The Morgan fingerprint density at radius 1 is 1.16 bits per heavy atom. The summed E-state index contributed by atoms with van der Waals surface area (Å²) in [6.07, 6.45) is 1.08. The SMILES string of the molecule is CC(C)Cc1ccc(C(C)NC(=O)CSc2n[nH]c(C(C)C)n2)cc1. The molecule has 0 radical (unpaired) electrons. The molecule has 1 aromatic heterocycles. The molecule has 0 fully saturated rings. The number of nitrogens with zero attached hydrogens (tertiary/aromatic N) is 2. The van der Waals surface area contributed by atoms with Crippen LogP contribution in [0, 0.1) is 5.92 Å². The Morgan fingerprint density at radius 2 is 1.84 bits per heavy atom. The Hall–Kier alpha value is -1.82. The minimum Gasteiger partial charge on any atom is -0.349 e. The number of benzene rings is 1. The zero-order chi connectivity index (χ0) is 18.4. The fourth-order valence-corrected chi connectivity index (χ4v) is 3.11. The molecule has 0 bridgehead atoms. The molecule has 0 saturated heterocycles. The van der Waals surface area contributed by atoms with Crippen molar-refractivity contribution < 1.29 is 4.79 Å². The molecule has 0 aliphatic heterocycles. The second kappa shape index (κ2) is 9.04. The minimum absolute atomic E-state index is 0.0142. The van der Waals surface area contributed by atoms with Crippen LogP contribution in [0.3, 0.4) is 0 Å². The summed E-state index contributed by atoms with van der Waals surface area (Å²) in [7, 11) is 0. The van der Waals surface area contributed by atoms with Crippen LogP contribution in [0.1, 0.15) is 63.5 Å². The van der Waals surface area contributed by atoms with Gasteiger partial charge in [-0.3, -0.25) is 9.89 Å². The molecule has 0 saturated carbocycles. The molecule has 2 aromatic rings. The molecule has 1 aromatic carbocycles. The first-order chi connectivity index (χ1) is 11.8. The van der Waals surface area contributed by atoms with Crippen LogP contribution in [0.4, 0.5) is 0 Å². The maximum Gasteiger partial charge on any atom is 0.230 e. The fraction of sp³-hybridized carbons (Fsp3) is 0.526. The Balaban J connectivity index is 1.82. The van der Waals surface area contributed by atoms with Crippen molar-refractivity contribution in [3.05, 3.63) is 41.2 Å². The highest BCUT2D eigenvalue weighted by molar-refractivity contribution is 7.99. The van der Waals surface area contributed by atoms with E-state index in [2.05, 4.69) is 72.5 Å². The first kappa shape index (κ1) is 19.5. The Kier molecular flexibility index (Phi) is 7.05. The number of rotatable bonds is 8. The zero-order valence-electron chi connectivity index (χ0n) is 15.7. The van der Waals surface area contributed by atoms with E-state index in [0.29, 0.717) is 22.7 Å². The number of carbonyl (C=O) groups excluding carboxylic acids is 1. The largest absolute Gasteiger partial charge is 0.349 e. The van der Waals surface area contributed by atoms with Gasteiger partial charge in [0.05, 0.1) is 11.8 Å². The van der Waals surface area contributed by atoms with Crippen molar-refractivity contribution in [1.82, 2.24) is 20.5 Å². The summed E-state index contributed by atoms with van der Waals surface area (Å²) in [5, 5.41) is 10.7. The zero-order valence-corrected chi connectivity index (χ0v) is 16.5. The number of nitrogens with one attached hydrogen (secondary N) is 2. The minimum atomic E-state index is -0.0143. The summed E-state index contributed by atoms with van der Waals surface area (Å²) in [5.74, 6) is 2.09. The summed E-state index contributed by atoms with van der Waals surface area (Å²) < 4.78 is 0. The summed E-state index contributed by atoms with van der Waals surface area (Å²) in [6, 6.07) is 8.47. The summed E-state index contributed by atoms with van der Waals surface area (Å²) in [4.78, 5) is 16.5. The van der Waals surface area contributed by atoms with Crippen LogP contribution in [-0.4, -0.2) is 26.8 Å². The second-order valence-electron chi connectivity index (χ2n) is 7.08. The normalized spacial score (nSPS) is 12.6.